The van der Waals surface area contributed by atoms with Crippen molar-refractivity contribution in [1.29, 1.82) is 0 Å². The van der Waals surface area contributed by atoms with E-state index in [0.717, 1.165) is 0 Å². The van der Waals surface area contributed by atoms with Crippen LogP contribution in [0.25, 0.3) is 0 Å². The normalized spacial score (nSPS) is 10.5. The topological polar surface area (TPSA) is 0 Å². The molecule has 0 aliphatic heterocycles. The SMILES string of the molecule is CSP(SC)c1ccccc1. The van der Waals surface area contributed by atoms with E-state index in [4.69, 9.17) is 0 Å². The Bertz CT molecular complexity index is 197. The Morgan fingerprint density at radius 3 is 2.00 bits per heavy atom. The van der Waals surface area contributed by atoms with E-state index < -0.39 is 0 Å². The summed E-state index contributed by atoms with van der Waals surface area (Å²) < 4.78 is 0. The molecule has 0 nitrogen and oxygen atoms in total. The Kier molecular flexibility index (Phi) is 4.36. The van der Waals surface area contributed by atoms with Crippen molar-refractivity contribution in [3.05, 3.63) is 30.3 Å². The highest BCUT2D eigenvalue weighted by atomic mass is 33.1. The summed E-state index contributed by atoms with van der Waals surface area (Å²) in [6.45, 7) is 0. The lowest BCUT2D eigenvalue weighted by atomic mass is 10.4. The quantitative estimate of drug-likeness (QED) is 0.689. The molecule has 0 N–H and O–H groups in total. The van der Waals surface area contributed by atoms with Gasteiger partial charge < -0.3 is 0 Å². The number of benzene rings is 1. The molecule has 0 aromatic heterocycles. The van der Waals surface area contributed by atoms with Crippen LogP contribution in [-0.2, 0) is 0 Å². The van der Waals surface area contributed by atoms with E-state index in [0.29, 0.717) is 0 Å². The summed E-state index contributed by atoms with van der Waals surface area (Å²) in [5, 5.41) is 1.47. The van der Waals surface area contributed by atoms with Gasteiger partial charge in [0.1, 0.15) is 0 Å². The minimum absolute atomic E-state index is 0.0180. The van der Waals surface area contributed by atoms with Gasteiger partial charge in [0, 0.05) is 6.33 Å². The van der Waals surface area contributed by atoms with Crippen LogP contribution in [0.1, 0.15) is 0 Å². The van der Waals surface area contributed by atoms with E-state index >= 15 is 0 Å². The van der Waals surface area contributed by atoms with Gasteiger partial charge in [-0.25, -0.2) is 0 Å². The summed E-state index contributed by atoms with van der Waals surface area (Å²) >= 11 is 3.90. The molecule has 0 aliphatic carbocycles. The Hall–Kier alpha value is 0.350. The molecule has 0 aliphatic rings. The van der Waals surface area contributed by atoms with Gasteiger partial charge in [0.25, 0.3) is 0 Å². The molecule has 0 saturated heterocycles. The maximum absolute atomic E-state index is 2.21. The van der Waals surface area contributed by atoms with Crippen molar-refractivity contribution >= 4 is 34.4 Å². The van der Waals surface area contributed by atoms with Crippen LogP contribution in [0.15, 0.2) is 30.3 Å². The summed E-state index contributed by atoms with van der Waals surface area (Å²) in [7, 11) is 0. The zero-order valence-electron chi connectivity index (χ0n) is 6.65. The fourth-order valence-electron chi connectivity index (χ4n) is 0.835. The maximum Gasteiger partial charge on any atom is 0.0432 e. The van der Waals surface area contributed by atoms with Gasteiger partial charge in [-0.05, 0) is 17.8 Å². The minimum atomic E-state index is -0.0180. The lowest BCUT2D eigenvalue weighted by Crippen LogP contribution is -1.93. The fourth-order valence-corrected chi connectivity index (χ4v) is 5.61. The lowest BCUT2D eigenvalue weighted by Gasteiger charge is -2.10. The summed E-state index contributed by atoms with van der Waals surface area (Å²) in [6, 6.07) is 10.7. The molecule has 0 atom stereocenters. The van der Waals surface area contributed by atoms with Gasteiger partial charge in [-0.15, -0.1) is 22.8 Å². The zero-order valence-corrected chi connectivity index (χ0v) is 9.18. The van der Waals surface area contributed by atoms with E-state index in [2.05, 4.69) is 42.8 Å². The van der Waals surface area contributed by atoms with Gasteiger partial charge in [-0.2, -0.15) is 0 Å². The summed E-state index contributed by atoms with van der Waals surface area (Å²) in [5.74, 6) is 0. The third-order valence-electron chi connectivity index (χ3n) is 1.30. The zero-order chi connectivity index (χ0) is 8.10. The first-order valence-corrected chi connectivity index (χ1v) is 8.32. The van der Waals surface area contributed by atoms with Crippen LogP contribution >= 0.6 is 29.1 Å². The molecule has 0 amide bonds. The average molecular weight is 202 g/mol. The highest BCUT2D eigenvalue weighted by molar-refractivity contribution is 8.89. The maximum atomic E-state index is 2.21. The predicted octanol–water partition coefficient (Wildman–Crippen LogP) is 3.35. The van der Waals surface area contributed by atoms with Crippen LogP contribution in [0, 0.1) is 0 Å². The van der Waals surface area contributed by atoms with Crippen molar-refractivity contribution < 1.29 is 0 Å². The smallest absolute Gasteiger partial charge is 0.0432 e. The first-order chi connectivity index (χ1) is 5.38. The molecule has 0 bridgehead atoms. The Labute approximate surface area is 77.4 Å². The first kappa shape index (κ1) is 9.44. The van der Waals surface area contributed by atoms with Crippen molar-refractivity contribution in [2.75, 3.05) is 12.5 Å². The van der Waals surface area contributed by atoms with Gasteiger partial charge in [-0.3, -0.25) is 0 Å². The van der Waals surface area contributed by atoms with Crippen LogP contribution in [0.2, 0.25) is 0 Å². The second-order valence-electron chi connectivity index (χ2n) is 1.96. The molecule has 11 heavy (non-hydrogen) atoms. The third-order valence-corrected chi connectivity index (χ3v) is 8.62. The van der Waals surface area contributed by atoms with E-state index in [9.17, 15) is 0 Å². The molecule has 1 aromatic carbocycles. The Morgan fingerprint density at radius 1 is 1.00 bits per heavy atom. The van der Waals surface area contributed by atoms with E-state index in [1.807, 2.05) is 22.8 Å². The van der Waals surface area contributed by atoms with Crippen molar-refractivity contribution in [2.24, 2.45) is 0 Å². The van der Waals surface area contributed by atoms with E-state index in [1.165, 1.54) is 5.30 Å². The Morgan fingerprint density at radius 2 is 1.55 bits per heavy atom. The van der Waals surface area contributed by atoms with Gasteiger partial charge in [0.2, 0.25) is 0 Å². The third kappa shape index (κ3) is 2.70. The van der Waals surface area contributed by atoms with E-state index in [-0.39, 0.29) is 6.33 Å². The van der Waals surface area contributed by atoms with Crippen molar-refractivity contribution in [2.45, 2.75) is 0 Å². The van der Waals surface area contributed by atoms with Crippen LogP contribution in [-0.4, -0.2) is 12.5 Å². The molecule has 0 spiro atoms. The summed E-state index contributed by atoms with van der Waals surface area (Å²) in [5.41, 5.74) is 0. The van der Waals surface area contributed by atoms with Gasteiger partial charge in [0.05, 0.1) is 0 Å². The molecule has 1 aromatic rings. The molecule has 0 saturated carbocycles. The van der Waals surface area contributed by atoms with Gasteiger partial charge in [-0.1, -0.05) is 30.3 Å². The van der Waals surface area contributed by atoms with Crippen molar-refractivity contribution in [3.63, 3.8) is 0 Å². The monoisotopic (exact) mass is 202 g/mol. The molecule has 60 valence electrons. The van der Waals surface area contributed by atoms with Gasteiger partial charge in [0.15, 0.2) is 0 Å². The largest absolute Gasteiger partial charge is 0.122 e. The first-order valence-electron chi connectivity index (χ1n) is 3.32. The molecular weight excluding hydrogens is 191 g/mol. The van der Waals surface area contributed by atoms with Crippen molar-refractivity contribution in [3.8, 4) is 0 Å². The van der Waals surface area contributed by atoms with E-state index in [1.54, 1.807) is 0 Å². The molecule has 0 heterocycles. The van der Waals surface area contributed by atoms with Crippen molar-refractivity contribution in [1.82, 2.24) is 0 Å². The van der Waals surface area contributed by atoms with Crippen LogP contribution in [0.4, 0.5) is 0 Å². The summed E-state index contributed by atoms with van der Waals surface area (Å²) in [4.78, 5) is 0. The molecule has 3 heteroatoms. The Balaban J connectivity index is 2.74. The highest BCUT2D eigenvalue weighted by Crippen LogP contribution is 2.56. The van der Waals surface area contributed by atoms with Gasteiger partial charge >= 0.3 is 0 Å². The molecule has 0 unspecified atom stereocenters. The number of rotatable bonds is 3. The lowest BCUT2D eigenvalue weighted by molar-refractivity contribution is 1.78. The second kappa shape index (κ2) is 5.08. The fraction of sp³-hybridized carbons (Fsp3) is 0.250. The molecule has 0 radical (unpaired) electrons. The highest BCUT2D eigenvalue weighted by Gasteiger charge is 2.05. The number of hydrogen-bond donors (Lipinski definition) is 0. The molecular formula is C8H11PS2. The average Bonchev–Trinajstić information content (AvgIpc) is 2.09. The summed E-state index contributed by atoms with van der Waals surface area (Å²) in [6.07, 6.45) is 4.33. The molecule has 0 fully saturated rings. The molecule has 1 rings (SSSR count). The standard InChI is InChI=1S/C8H11PS2/c1-10-9(11-2)8-6-4-3-5-7-8/h3-7H,1-2H3. The number of hydrogen-bond acceptors (Lipinski definition) is 2. The van der Waals surface area contributed by atoms with Crippen LogP contribution in [0.3, 0.4) is 0 Å². The predicted molar refractivity (Wildman–Crippen MR) is 60.0 cm³/mol. The minimum Gasteiger partial charge on any atom is -0.122 e. The van der Waals surface area contributed by atoms with Crippen LogP contribution < -0.4 is 5.30 Å². The van der Waals surface area contributed by atoms with Crippen LogP contribution in [0.5, 0.6) is 0 Å². The second-order valence-corrected chi connectivity index (χ2v) is 8.79.